The Hall–Kier alpha value is -1.58. The summed E-state index contributed by atoms with van der Waals surface area (Å²) in [6.07, 6.45) is 1.86. The summed E-state index contributed by atoms with van der Waals surface area (Å²) in [5.74, 6) is 0.843. The van der Waals surface area contributed by atoms with E-state index in [2.05, 4.69) is 29.0 Å². The maximum absolute atomic E-state index is 5.68. The number of nitrogens with one attached hydrogen (secondary N) is 1. The number of fused-ring (bicyclic) bond motifs is 1. The highest BCUT2D eigenvalue weighted by atomic mass is 15.1. The van der Waals surface area contributed by atoms with Gasteiger partial charge in [0.05, 0.1) is 11.2 Å². The normalized spacial score (nSPS) is 11.3. The number of hydrogen-bond acceptors (Lipinski definition) is 3. The molecule has 4 heteroatoms. The summed E-state index contributed by atoms with van der Waals surface area (Å²) in [5, 5.41) is 8.94. The van der Waals surface area contributed by atoms with E-state index in [1.165, 1.54) is 0 Å². The quantitative estimate of drug-likeness (QED) is 0.694. The van der Waals surface area contributed by atoms with E-state index >= 15 is 0 Å². The largest absolute Gasteiger partial charge is 0.382 e. The Morgan fingerprint density at radius 2 is 2.15 bits per heavy atom. The van der Waals surface area contributed by atoms with Crippen LogP contribution >= 0.6 is 0 Å². The minimum Gasteiger partial charge on any atom is -0.382 e. The van der Waals surface area contributed by atoms with Crippen LogP contribution in [0.3, 0.4) is 0 Å². The van der Waals surface area contributed by atoms with Crippen LogP contribution in [0.2, 0.25) is 0 Å². The van der Waals surface area contributed by atoms with Gasteiger partial charge in [-0.3, -0.25) is 0 Å². The summed E-state index contributed by atoms with van der Waals surface area (Å²) in [7, 11) is 0. The lowest BCUT2D eigenvalue weighted by atomic mass is 10.1. The molecule has 2 heterocycles. The van der Waals surface area contributed by atoms with Crippen LogP contribution in [0.25, 0.3) is 10.9 Å². The lowest BCUT2D eigenvalue weighted by Crippen LogP contribution is -2.00. The lowest BCUT2D eigenvalue weighted by Gasteiger charge is -2.05. The molecule has 0 unspecified atom stereocenters. The maximum atomic E-state index is 5.68. The van der Waals surface area contributed by atoms with Gasteiger partial charge >= 0.3 is 0 Å². The second-order valence-corrected chi connectivity index (χ2v) is 3.39. The van der Waals surface area contributed by atoms with Crippen molar-refractivity contribution in [3.8, 4) is 0 Å². The molecule has 13 heavy (non-hydrogen) atoms. The molecule has 2 rings (SSSR count). The van der Waals surface area contributed by atoms with Crippen LogP contribution in [-0.2, 0) is 0 Å². The minimum atomic E-state index is 0.356. The number of aromatic nitrogens is 3. The maximum Gasteiger partial charge on any atom is 0.155 e. The van der Waals surface area contributed by atoms with E-state index in [9.17, 15) is 0 Å². The first-order valence-corrected chi connectivity index (χ1v) is 4.29. The van der Waals surface area contributed by atoms with Crippen molar-refractivity contribution in [2.45, 2.75) is 19.8 Å². The first-order valence-electron chi connectivity index (χ1n) is 4.29. The van der Waals surface area contributed by atoms with E-state index in [1.807, 2.05) is 12.3 Å². The van der Waals surface area contributed by atoms with Crippen molar-refractivity contribution in [2.24, 2.45) is 0 Å². The number of aromatic amines is 1. The molecule has 0 amide bonds. The number of hydrogen-bond donors (Lipinski definition) is 2. The summed E-state index contributed by atoms with van der Waals surface area (Å²) in [4.78, 5) is 3.13. The van der Waals surface area contributed by atoms with Gasteiger partial charge in [0, 0.05) is 11.6 Å². The van der Waals surface area contributed by atoms with Gasteiger partial charge in [-0.05, 0) is 12.0 Å². The molecule has 2 aromatic rings. The van der Waals surface area contributed by atoms with Crippen LogP contribution in [0.5, 0.6) is 0 Å². The molecule has 4 nitrogen and oxygen atoms in total. The second-order valence-electron chi connectivity index (χ2n) is 3.39. The van der Waals surface area contributed by atoms with Gasteiger partial charge in [0.1, 0.15) is 0 Å². The van der Waals surface area contributed by atoms with E-state index in [0.717, 1.165) is 16.6 Å². The first kappa shape index (κ1) is 8.04. The molecule has 0 aliphatic rings. The van der Waals surface area contributed by atoms with Crippen LogP contribution in [0.15, 0.2) is 12.3 Å². The Labute approximate surface area is 76.2 Å². The highest BCUT2D eigenvalue weighted by Gasteiger charge is 2.10. The average molecular weight is 176 g/mol. The van der Waals surface area contributed by atoms with Gasteiger partial charge in [-0.1, -0.05) is 13.8 Å². The molecule has 68 valence electrons. The molecule has 0 fully saturated rings. The van der Waals surface area contributed by atoms with E-state index in [1.54, 1.807) is 0 Å². The number of H-pyrrole nitrogens is 1. The fourth-order valence-corrected chi connectivity index (χ4v) is 1.41. The van der Waals surface area contributed by atoms with Crippen molar-refractivity contribution >= 4 is 16.7 Å². The van der Waals surface area contributed by atoms with E-state index in [4.69, 9.17) is 5.73 Å². The standard InChI is InChI=1S/C9H12N4/c1-5(2)7-8-6(3-4-11-8)9(10)13-12-7/h3-5,11H,1-2H3,(H2,10,13). The number of nitrogens with two attached hydrogens (primary N) is 1. The van der Waals surface area contributed by atoms with Crippen molar-refractivity contribution in [1.29, 1.82) is 0 Å². The van der Waals surface area contributed by atoms with Crippen molar-refractivity contribution in [2.75, 3.05) is 5.73 Å². The molecule has 0 bridgehead atoms. The number of nitrogens with zero attached hydrogens (tertiary/aromatic N) is 2. The molecule has 0 aliphatic carbocycles. The molecule has 0 spiro atoms. The zero-order chi connectivity index (χ0) is 9.42. The minimum absolute atomic E-state index is 0.356. The molecule has 3 N–H and O–H groups in total. The third-order valence-corrected chi connectivity index (χ3v) is 2.09. The van der Waals surface area contributed by atoms with Crippen LogP contribution in [0, 0.1) is 0 Å². The van der Waals surface area contributed by atoms with E-state index < -0.39 is 0 Å². The summed E-state index contributed by atoms with van der Waals surface area (Å²) in [6, 6.07) is 1.92. The van der Waals surface area contributed by atoms with Gasteiger partial charge in [-0.25, -0.2) is 0 Å². The monoisotopic (exact) mass is 176 g/mol. The van der Waals surface area contributed by atoms with Gasteiger partial charge in [0.15, 0.2) is 5.82 Å². The summed E-state index contributed by atoms with van der Waals surface area (Å²) in [6.45, 7) is 4.17. The molecule has 0 radical (unpaired) electrons. The highest BCUT2D eigenvalue weighted by Crippen LogP contribution is 2.23. The van der Waals surface area contributed by atoms with Gasteiger partial charge in [0.25, 0.3) is 0 Å². The smallest absolute Gasteiger partial charge is 0.155 e. The molecule has 0 saturated heterocycles. The predicted molar refractivity (Wildman–Crippen MR) is 52.4 cm³/mol. The molecule has 0 aliphatic heterocycles. The SMILES string of the molecule is CC(C)c1nnc(N)c2cc[nH]c12. The summed E-state index contributed by atoms with van der Waals surface area (Å²) in [5.41, 5.74) is 7.65. The Kier molecular flexibility index (Phi) is 1.69. The van der Waals surface area contributed by atoms with Crippen LogP contribution in [-0.4, -0.2) is 15.2 Å². The number of nitrogen functional groups attached to an aromatic ring is 1. The summed E-state index contributed by atoms with van der Waals surface area (Å²) < 4.78 is 0. The van der Waals surface area contributed by atoms with Gasteiger partial charge < -0.3 is 10.7 Å². The van der Waals surface area contributed by atoms with Crippen molar-refractivity contribution < 1.29 is 0 Å². The zero-order valence-electron chi connectivity index (χ0n) is 7.70. The molecular formula is C9H12N4. The lowest BCUT2D eigenvalue weighted by molar-refractivity contribution is 0.798. The number of anilines is 1. The third-order valence-electron chi connectivity index (χ3n) is 2.09. The Balaban J connectivity index is 2.78. The van der Waals surface area contributed by atoms with Crippen molar-refractivity contribution in [1.82, 2.24) is 15.2 Å². The second kappa shape index (κ2) is 2.73. The van der Waals surface area contributed by atoms with Crippen molar-refractivity contribution in [3.05, 3.63) is 18.0 Å². The molecular weight excluding hydrogens is 164 g/mol. The molecule has 2 aromatic heterocycles. The van der Waals surface area contributed by atoms with E-state index in [0.29, 0.717) is 11.7 Å². The third kappa shape index (κ3) is 1.14. The van der Waals surface area contributed by atoms with Gasteiger partial charge in [-0.15, -0.1) is 5.10 Å². The highest BCUT2D eigenvalue weighted by molar-refractivity contribution is 5.89. The summed E-state index contributed by atoms with van der Waals surface area (Å²) >= 11 is 0. The average Bonchev–Trinajstić information content (AvgIpc) is 2.53. The van der Waals surface area contributed by atoms with Crippen LogP contribution in [0.1, 0.15) is 25.5 Å². The fraction of sp³-hybridized carbons (Fsp3) is 0.333. The Bertz CT molecular complexity index is 430. The first-order chi connectivity index (χ1) is 6.20. The van der Waals surface area contributed by atoms with Crippen LogP contribution < -0.4 is 5.73 Å². The fourth-order valence-electron chi connectivity index (χ4n) is 1.41. The molecule has 0 aromatic carbocycles. The number of rotatable bonds is 1. The Morgan fingerprint density at radius 1 is 1.38 bits per heavy atom. The zero-order valence-corrected chi connectivity index (χ0v) is 7.70. The van der Waals surface area contributed by atoms with Gasteiger partial charge in [-0.2, -0.15) is 5.10 Å². The van der Waals surface area contributed by atoms with Crippen LogP contribution in [0.4, 0.5) is 5.82 Å². The van der Waals surface area contributed by atoms with Crippen molar-refractivity contribution in [3.63, 3.8) is 0 Å². The van der Waals surface area contributed by atoms with E-state index in [-0.39, 0.29) is 0 Å². The Morgan fingerprint density at radius 3 is 2.85 bits per heavy atom. The topological polar surface area (TPSA) is 67.6 Å². The van der Waals surface area contributed by atoms with Gasteiger partial charge in [0.2, 0.25) is 0 Å². The molecule has 0 atom stereocenters. The molecule has 0 saturated carbocycles. The predicted octanol–water partition coefficient (Wildman–Crippen LogP) is 1.66.